The Hall–Kier alpha value is -2.07. The zero-order valence-corrected chi connectivity index (χ0v) is 15.6. The molecule has 2 heterocycles. The Balaban J connectivity index is 2.00. The summed E-state index contributed by atoms with van der Waals surface area (Å²) in [6, 6.07) is -0.356. The lowest BCUT2D eigenvalue weighted by Crippen LogP contribution is -2.44. The van der Waals surface area contributed by atoms with Crippen LogP contribution in [0.15, 0.2) is 21.0 Å². The average Bonchev–Trinajstić information content (AvgIpc) is 3.00. The van der Waals surface area contributed by atoms with Crippen LogP contribution in [0.3, 0.4) is 0 Å². The number of nitrogens with one attached hydrogen (secondary N) is 2. The molecule has 1 aromatic rings. The van der Waals surface area contributed by atoms with E-state index in [1.54, 1.807) is 19.2 Å². The van der Waals surface area contributed by atoms with E-state index in [1.807, 2.05) is 0 Å². The third-order valence-electron chi connectivity index (χ3n) is 3.08. The van der Waals surface area contributed by atoms with Crippen LogP contribution in [0.1, 0.15) is 19.5 Å². The number of thiazole rings is 1. The number of amides is 2. The largest absolute Gasteiger partial charge is 0.466 e. The number of esters is 2. The number of hydrogen-bond acceptors (Lipinski definition) is 8. The van der Waals surface area contributed by atoms with Gasteiger partial charge in [-0.1, -0.05) is 11.8 Å². The minimum Gasteiger partial charge on any atom is -0.466 e. The molecule has 10 heteroatoms. The van der Waals surface area contributed by atoms with E-state index < -0.39 is 5.97 Å². The highest BCUT2D eigenvalue weighted by Crippen LogP contribution is 2.26. The summed E-state index contributed by atoms with van der Waals surface area (Å²) >= 11 is 2.77. The van der Waals surface area contributed by atoms with Gasteiger partial charge >= 0.3 is 18.0 Å². The van der Waals surface area contributed by atoms with Crippen molar-refractivity contribution in [3.05, 3.63) is 22.3 Å². The highest BCUT2D eigenvalue weighted by atomic mass is 32.2. The summed E-state index contributed by atoms with van der Waals surface area (Å²) in [5, 5.41) is 6.99. The lowest BCUT2D eigenvalue weighted by atomic mass is 10.2. The first-order valence-corrected chi connectivity index (χ1v) is 9.56. The fourth-order valence-corrected chi connectivity index (χ4v) is 3.83. The third kappa shape index (κ3) is 5.75. The molecule has 0 fully saturated rings. The van der Waals surface area contributed by atoms with Gasteiger partial charge in [0.05, 0.1) is 37.4 Å². The van der Waals surface area contributed by atoms with Crippen LogP contribution in [0.25, 0.3) is 0 Å². The first-order valence-electron chi connectivity index (χ1n) is 7.70. The zero-order chi connectivity index (χ0) is 18.2. The molecule has 1 aliphatic rings. The van der Waals surface area contributed by atoms with Gasteiger partial charge < -0.3 is 20.1 Å². The number of rotatable bonds is 8. The topological polar surface area (TPSA) is 107 Å². The monoisotopic (exact) mass is 385 g/mol. The smallest absolute Gasteiger partial charge is 0.337 e. The highest BCUT2D eigenvalue weighted by Gasteiger charge is 2.23. The molecule has 0 radical (unpaired) electrons. The Morgan fingerprint density at radius 3 is 2.80 bits per heavy atom. The fourth-order valence-electron chi connectivity index (χ4n) is 2.00. The summed E-state index contributed by atoms with van der Waals surface area (Å²) in [6.45, 7) is 4.21. The molecule has 0 atom stereocenters. The summed E-state index contributed by atoms with van der Waals surface area (Å²) in [4.78, 5) is 39.3. The first kappa shape index (κ1) is 19.3. The molecule has 0 saturated carbocycles. The SMILES string of the molecule is CCOC(=O)Cc1csc(SCC2=C(C(=O)OCC)CNC(=O)N2)n1. The molecule has 8 nitrogen and oxygen atoms in total. The molecule has 2 rings (SSSR count). The second-order valence-electron chi connectivity index (χ2n) is 4.86. The van der Waals surface area contributed by atoms with Gasteiger partial charge in [-0.2, -0.15) is 0 Å². The van der Waals surface area contributed by atoms with Gasteiger partial charge in [-0.05, 0) is 13.8 Å². The van der Waals surface area contributed by atoms with Crippen molar-refractivity contribution in [1.82, 2.24) is 15.6 Å². The van der Waals surface area contributed by atoms with Crippen molar-refractivity contribution in [2.24, 2.45) is 0 Å². The molecule has 0 aliphatic carbocycles. The van der Waals surface area contributed by atoms with E-state index in [1.165, 1.54) is 23.1 Å². The minimum absolute atomic E-state index is 0.127. The summed E-state index contributed by atoms with van der Waals surface area (Å²) < 4.78 is 10.6. The van der Waals surface area contributed by atoms with Crippen LogP contribution in [0.2, 0.25) is 0 Å². The average molecular weight is 385 g/mol. The van der Waals surface area contributed by atoms with E-state index in [2.05, 4.69) is 15.6 Å². The number of hydrogen-bond donors (Lipinski definition) is 2. The quantitative estimate of drug-likeness (QED) is 0.515. The number of aromatic nitrogens is 1. The first-order chi connectivity index (χ1) is 12.0. The van der Waals surface area contributed by atoms with Gasteiger partial charge in [0.2, 0.25) is 0 Å². The Morgan fingerprint density at radius 1 is 1.32 bits per heavy atom. The predicted molar refractivity (Wildman–Crippen MR) is 93.4 cm³/mol. The fraction of sp³-hybridized carbons (Fsp3) is 0.467. The molecule has 0 bridgehead atoms. The molecule has 2 N–H and O–H groups in total. The molecule has 1 aliphatic heterocycles. The van der Waals surface area contributed by atoms with Crippen molar-refractivity contribution >= 4 is 41.1 Å². The van der Waals surface area contributed by atoms with Crippen LogP contribution >= 0.6 is 23.1 Å². The third-order valence-corrected chi connectivity index (χ3v) is 5.17. The summed E-state index contributed by atoms with van der Waals surface area (Å²) in [6.07, 6.45) is 0.127. The van der Waals surface area contributed by atoms with E-state index >= 15 is 0 Å². The lowest BCUT2D eigenvalue weighted by molar-refractivity contribution is -0.142. The molecule has 136 valence electrons. The number of urea groups is 1. The van der Waals surface area contributed by atoms with Gasteiger partial charge in [0.15, 0.2) is 4.34 Å². The zero-order valence-electron chi connectivity index (χ0n) is 13.9. The van der Waals surface area contributed by atoms with Gasteiger partial charge in [0.25, 0.3) is 0 Å². The van der Waals surface area contributed by atoms with Gasteiger partial charge in [-0.15, -0.1) is 11.3 Å². The van der Waals surface area contributed by atoms with E-state index in [0.717, 1.165) is 4.34 Å². The molecule has 1 aromatic heterocycles. The minimum atomic E-state index is -0.451. The maximum absolute atomic E-state index is 12.0. The van der Waals surface area contributed by atoms with E-state index in [0.29, 0.717) is 29.3 Å². The van der Waals surface area contributed by atoms with Crippen molar-refractivity contribution in [2.75, 3.05) is 25.5 Å². The van der Waals surface area contributed by atoms with E-state index in [4.69, 9.17) is 9.47 Å². The second kappa shape index (κ2) is 9.42. The van der Waals surface area contributed by atoms with Crippen LogP contribution in [-0.4, -0.2) is 48.5 Å². The van der Waals surface area contributed by atoms with Crippen molar-refractivity contribution in [2.45, 2.75) is 24.6 Å². The van der Waals surface area contributed by atoms with Crippen LogP contribution in [0.5, 0.6) is 0 Å². The van der Waals surface area contributed by atoms with Crippen LogP contribution in [0.4, 0.5) is 4.79 Å². The van der Waals surface area contributed by atoms with Crippen molar-refractivity contribution in [3.8, 4) is 0 Å². The Morgan fingerprint density at radius 2 is 2.08 bits per heavy atom. The normalized spacial score (nSPS) is 13.9. The molecule has 2 amide bonds. The molecular formula is C15H19N3O5S2. The van der Waals surface area contributed by atoms with Crippen molar-refractivity contribution < 1.29 is 23.9 Å². The maximum Gasteiger partial charge on any atom is 0.337 e. The molecule has 0 aromatic carbocycles. The molecule has 0 saturated heterocycles. The molecule has 0 unspecified atom stereocenters. The number of thioether (sulfide) groups is 1. The predicted octanol–water partition coefficient (Wildman–Crippen LogP) is 1.47. The van der Waals surface area contributed by atoms with Crippen LogP contribution in [-0.2, 0) is 25.5 Å². The summed E-state index contributed by atoms with van der Waals surface area (Å²) in [5.74, 6) is -0.400. The maximum atomic E-state index is 12.0. The van der Waals surface area contributed by atoms with Crippen molar-refractivity contribution in [1.29, 1.82) is 0 Å². The van der Waals surface area contributed by atoms with Gasteiger partial charge in [-0.3, -0.25) is 4.79 Å². The van der Waals surface area contributed by atoms with Gasteiger partial charge in [-0.25, -0.2) is 14.6 Å². The number of ether oxygens (including phenoxy) is 2. The number of carbonyl (C=O) groups is 3. The van der Waals surface area contributed by atoms with Crippen molar-refractivity contribution in [3.63, 3.8) is 0 Å². The molecular weight excluding hydrogens is 366 g/mol. The lowest BCUT2D eigenvalue weighted by Gasteiger charge is -2.20. The van der Waals surface area contributed by atoms with Crippen LogP contribution in [0, 0.1) is 0 Å². The Kier molecular flexibility index (Phi) is 7.26. The van der Waals surface area contributed by atoms with E-state index in [-0.39, 0.29) is 31.6 Å². The Labute approximate surface area is 153 Å². The number of carbonyl (C=O) groups excluding carboxylic acids is 3. The summed E-state index contributed by atoms with van der Waals surface area (Å²) in [7, 11) is 0. The van der Waals surface area contributed by atoms with E-state index in [9.17, 15) is 14.4 Å². The second-order valence-corrected chi connectivity index (χ2v) is 6.94. The summed E-state index contributed by atoms with van der Waals surface area (Å²) in [5.41, 5.74) is 1.55. The molecule has 25 heavy (non-hydrogen) atoms. The number of nitrogens with zero attached hydrogens (tertiary/aromatic N) is 1. The van der Waals surface area contributed by atoms with Gasteiger partial charge in [0, 0.05) is 16.8 Å². The highest BCUT2D eigenvalue weighted by molar-refractivity contribution is 8.01. The standard InChI is InChI=1S/C15H19N3O5S2/c1-3-22-12(19)5-9-7-24-15(17-9)25-8-11-10(13(20)23-4-2)6-16-14(21)18-11/h7H,3-6,8H2,1-2H3,(H2,16,18,21). The Bertz CT molecular complexity index is 686. The molecule has 0 spiro atoms. The van der Waals surface area contributed by atoms with Crippen LogP contribution < -0.4 is 10.6 Å². The van der Waals surface area contributed by atoms with Gasteiger partial charge in [0.1, 0.15) is 0 Å².